The van der Waals surface area contributed by atoms with E-state index in [4.69, 9.17) is 0 Å². The molecule has 0 unspecified atom stereocenters. The first kappa shape index (κ1) is 13.5. The molecule has 0 atom stereocenters. The molecule has 3 heterocycles. The second-order valence-electron chi connectivity index (χ2n) is 6.24. The van der Waals surface area contributed by atoms with Gasteiger partial charge in [0.05, 0.1) is 12.1 Å². The summed E-state index contributed by atoms with van der Waals surface area (Å²) < 4.78 is 0. The Kier molecular flexibility index (Phi) is 3.44. The lowest BCUT2D eigenvalue weighted by Crippen LogP contribution is -2.54. The molecule has 2 aliphatic rings. The summed E-state index contributed by atoms with van der Waals surface area (Å²) in [5.41, 5.74) is 1.81. The number of aromatic amines is 1. The Bertz CT molecular complexity index is 676. The zero-order valence-corrected chi connectivity index (χ0v) is 12.7. The van der Waals surface area contributed by atoms with Crippen molar-refractivity contribution < 1.29 is 4.79 Å². The Hall–Kier alpha value is -2.11. The highest BCUT2D eigenvalue weighted by molar-refractivity contribution is 5.89. The smallest absolute Gasteiger partial charge is 0.242 e. The third kappa shape index (κ3) is 2.32. The molecule has 0 radical (unpaired) electrons. The highest BCUT2D eigenvalue weighted by atomic mass is 16.2. The van der Waals surface area contributed by atoms with Crippen LogP contribution in [0.1, 0.15) is 32.1 Å². The molecule has 22 heavy (non-hydrogen) atoms. The standard InChI is InChI=1S/C16H21N5O/c22-14-10-20(8-9-21(14)12-4-2-1-3-5-12)16-15-13(6-7-17-15)18-11-19-16/h6-7,11-12,17H,1-5,8-10H2. The van der Waals surface area contributed by atoms with Crippen molar-refractivity contribution >= 4 is 22.8 Å². The number of piperazine rings is 1. The van der Waals surface area contributed by atoms with E-state index >= 15 is 0 Å². The Balaban J connectivity index is 1.52. The van der Waals surface area contributed by atoms with E-state index in [0.29, 0.717) is 12.6 Å². The number of hydrogen-bond donors (Lipinski definition) is 1. The first-order valence-corrected chi connectivity index (χ1v) is 8.15. The van der Waals surface area contributed by atoms with Crippen molar-refractivity contribution in [3.05, 3.63) is 18.6 Å². The van der Waals surface area contributed by atoms with Crippen LogP contribution in [0.5, 0.6) is 0 Å². The Morgan fingerprint density at radius 2 is 2.00 bits per heavy atom. The maximum atomic E-state index is 12.6. The number of H-pyrrole nitrogens is 1. The summed E-state index contributed by atoms with van der Waals surface area (Å²) >= 11 is 0. The normalized spacial score (nSPS) is 20.8. The summed E-state index contributed by atoms with van der Waals surface area (Å²) in [4.78, 5) is 28.6. The number of fused-ring (bicyclic) bond motifs is 1. The van der Waals surface area contributed by atoms with Gasteiger partial charge < -0.3 is 14.8 Å². The summed E-state index contributed by atoms with van der Waals surface area (Å²) in [6, 6.07) is 2.39. The van der Waals surface area contributed by atoms with Gasteiger partial charge in [-0.2, -0.15) is 0 Å². The van der Waals surface area contributed by atoms with Gasteiger partial charge in [-0.3, -0.25) is 4.79 Å². The van der Waals surface area contributed by atoms with E-state index in [2.05, 4.69) is 24.8 Å². The molecule has 1 saturated heterocycles. The van der Waals surface area contributed by atoms with E-state index in [1.165, 1.54) is 32.1 Å². The molecular formula is C16H21N5O. The molecule has 0 aromatic carbocycles. The quantitative estimate of drug-likeness (QED) is 0.920. The molecule has 2 aromatic rings. The fraction of sp³-hybridized carbons (Fsp3) is 0.562. The van der Waals surface area contributed by atoms with Crippen molar-refractivity contribution in [2.24, 2.45) is 0 Å². The monoisotopic (exact) mass is 299 g/mol. The molecule has 2 aromatic heterocycles. The fourth-order valence-electron chi connectivity index (χ4n) is 3.74. The Morgan fingerprint density at radius 1 is 1.14 bits per heavy atom. The van der Waals surface area contributed by atoms with E-state index in [1.807, 2.05) is 12.3 Å². The number of anilines is 1. The molecule has 6 heteroatoms. The Labute approximate surface area is 129 Å². The van der Waals surface area contributed by atoms with Crippen LogP contribution >= 0.6 is 0 Å². The lowest BCUT2D eigenvalue weighted by Gasteiger charge is -2.40. The Morgan fingerprint density at radius 3 is 2.82 bits per heavy atom. The topological polar surface area (TPSA) is 65.1 Å². The number of nitrogens with zero attached hydrogens (tertiary/aromatic N) is 4. The van der Waals surface area contributed by atoms with Crippen LogP contribution in [0, 0.1) is 0 Å². The molecule has 1 aliphatic heterocycles. The molecule has 1 N–H and O–H groups in total. The molecule has 0 bridgehead atoms. The van der Waals surface area contributed by atoms with Crippen molar-refractivity contribution in [2.45, 2.75) is 38.1 Å². The van der Waals surface area contributed by atoms with E-state index in [9.17, 15) is 4.79 Å². The number of carbonyl (C=O) groups is 1. The number of aromatic nitrogens is 3. The van der Waals surface area contributed by atoms with E-state index in [-0.39, 0.29) is 5.91 Å². The average Bonchev–Trinajstić information content (AvgIpc) is 3.04. The van der Waals surface area contributed by atoms with Gasteiger partial charge in [0.2, 0.25) is 5.91 Å². The number of hydrogen-bond acceptors (Lipinski definition) is 4. The van der Waals surface area contributed by atoms with Gasteiger partial charge in [-0.05, 0) is 18.9 Å². The van der Waals surface area contributed by atoms with Gasteiger partial charge in [0, 0.05) is 25.3 Å². The van der Waals surface area contributed by atoms with Gasteiger partial charge in [0.15, 0.2) is 5.82 Å². The van der Waals surface area contributed by atoms with Gasteiger partial charge in [-0.25, -0.2) is 9.97 Å². The molecule has 0 spiro atoms. The molecule has 1 aliphatic carbocycles. The minimum Gasteiger partial charge on any atom is -0.357 e. The van der Waals surface area contributed by atoms with Gasteiger partial charge in [0.1, 0.15) is 11.8 Å². The highest BCUT2D eigenvalue weighted by Gasteiger charge is 2.31. The van der Waals surface area contributed by atoms with Gasteiger partial charge >= 0.3 is 0 Å². The zero-order chi connectivity index (χ0) is 14.9. The SMILES string of the molecule is O=C1CN(c2ncnc3cc[nH]c23)CCN1C1CCCCC1. The van der Waals surface area contributed by atoms with Crippen LogP contribution in [0.4, 0.5) is 5.82 Å². The van der Waals surface area contributed by atoms with E-state index in [0.717, 1.165) is 29.9 Å². The highest BCUT2D eigenvalue weighted by Crippen LogP contribution is 2.26. The largest absolute Gasteiger partial charge is 0.357 e. The third-order valence-electron chi connectivity index (χ3n) is 4.90. The third-order valence-corrected chi connectivity index (χ3v) is 4.90. The molecular weight excluding hydrogens is 278 g/mol. The lowest BCUT2D eigenvalue weighted by atomic mass is 9.93. The molecule has 4 rings (SSSR count). The average molecular weight is 299 g/mol. The predicted molar refractivity (Wildman–Crippen MR) is 84.7 cm³/mol. The predicted octanol–water partition coefficient (Wildman–Crippen LogP) is 1.94. The van der Waals surface area contributed by atoms with Gasteiger partial charge in [-0.1, -0.05) is 19.3 Å². The van der Waals surface area contributed by atoms with Gasteiger partial charge in [0.25, 0.3) is 0 Å². The molecule has 1 amide bonds. The van der Waals surface area contributed by atoms with Crippen LogP contribution in [0.15, 0.2) is 18.6 Å². The molecule has 116 valence electrons. The first-order valence-electron chi connectivity index (χ1n) is 8.15. The van der Waals surface area contributed by atoms with E-state index < -0.39 is 0 Å². The van der Waals surface area contributed by atoms with Crippen LogP contribution in [0.3, 0.4) is 0 Å². The second kappa shape index (κ2) is 5.59. The fourth-order valence-corrected chi connectivity index (χ4v) is 3.74. The molecule has 2 fully saturated rings. The summed E-state index contributed by atoms with van der Waals surface area (Å²) in [7, 11) is 0. The summed E-state index contributed by atoms with van der Waals surface area (Å²) in [6.45, 7) is 2.06. The summed E-state index contributed by atoms with van der Waals surface area (Å²) in [5.74, 6) is 1.07. The van der Waals surface area contributed by atoms with Crippen LogP contribution in [-0.2, 0) is 4.79 Å². The number of carbonyl (C=O) groups excluding carboxylic acids is 1. The summed E-state index contributed by atoms with van der Waals surface area (Å²) in [5, 5.41) is 0. The maximum absolute atomic E-state index is 12.6. The molecule has 1 saturated carbocycles. The van der Waals surface area contributed by atoms with Crippen molar-refractivity contribution in [2.75, 3.05) is 24.5 Å². The van der Waals surface area contributed by atoms with Crippen molar-refractivity contribution in [1.29, 1.82) is 0 Å². The maximum Gasteiger partial charge on any atom is 0.242 e. The minimum absolute atomic E-state index is 0.233. The van der Waals surface area contributed by atoms with Gasteiger partial charge in [-0.15, -0.1) is 0 Å². The zero-order valence-electron chi connectivity index (χ0n) is 12.7. The number of rotatable bonds is 2. The molecule has 6 nitrogen and oxygen atoms in total. The van der Waals surface area contributed by atoms with Crippen molar-refractivity contribution in [3.8, 4) is 0 Å². The second-order valence-corrected chi connectivity index (χ2v) is 6.24. The van der Waals surface area contributed by atoms with Crippen LogP contribution in [-0.4, -0.2) is 51.4 Å². The van der Waals surface area contributed by atoms with Crippen LogP contribution in [0.2, 0.25) is 0 Å². The lowest BCUT2D eigenvalue weighted by molar-refractivity contribution is -0.134. The van der Waals surface area contributed by atoms with Crippen molar-refractivity contribution in [3.63, 3.8) is 0 Å². The summed E-state index contributed by atoms with van der Waals surface area (Å²) in [6.07, 6.45) is 9.60. The van der Waals surface area contributed by atoms with Crippen LogP contribution < -0.4 is 4.90 Å². The first-order chi connectivity index (χ1) is 10.8. The van der Waals surface area contributed by atoms with E-state index in [1.54, 1.807) is 6.33 Å². The number of amides is 1. The van der Waals surface area contributed by atoms with Crippen molar-refractivity contribution in [1.82, 2.24) is 19.9 Å². The minimum atomic E-state index is 0.233. The number of nitrogens with one attached hydrogen (secondary N) is 1. The van der Waals surface area contributed by atoms with Crippen LogP contribution in [0.25, 0.3) is 11.0 Å².